The molecule has 7 heteroatoms. The Morgan fingerprint density at radius 1 is 1.22 bits per heavy atom. The van der Waals surface area contributed by atoms with E-state index >= 15 is 0 Å². The highest BCUT2D eigenvalue weighted by molar-refractivity contribution is 6.04. The fraction of sp³-hybridized carbons (Fsp3) is 0.125. The first-order chi connectivity index (χ1) is 11.1. The van der Waals surface area contributed by atoms with Crippen LogP contribution >= 0.6 is 0 Å². The van der Waals surface area contributed by atoms with Crippen molar-refractivity contribution in [1.82, 2.24) is 5.01 Å². The van der Waals surface area contributed by atoms with Crippen LogP contribution in [0.5, 0.6) is 5.75 Å². The summed E-state index contributed by atoms with van der Waals surface area (Å²) in [4.78, 5) is 21.5. The molecule has 0 saturated heterocycles. The van der Waals surface area contributed by atoms with Crippen molar-refractivity contribution in [3.8, 4) is 5.75 Å². The van der Waals surface area contributed by atoms with Gasteiger partial charge < -0.3 is 5.11 Å². The van der Waals surface area contributed by atoms with Crippen LogP contribution in [-0.4, -0.2) is 27.2 Å². The summed E-state index contributed by atoms with van der Waals surface area (Å²) in [6.07, 6.45) is 1.03. The second kappa shape index (κ2) is 5.88. The Morgan fingerprint density at radius 2 is 1.91 bits per heavy atom. The molecule has 1 atom stereocenters. The topological polar surface area (TPSA) is 96.0 Å². The number of non-ortho nitro benzene ring substituents is 1. The van der Waals surface area contributed by atoms with Gasteiger partial charge in [0, 0.05) is 24.1 Å². The molecule has 3 rings (SSSR count). The number of aromatic hydroxyl groups is 1. The Bertz CT molecular complexity index is 786. The first kappa shape index (κ1) is 14.7. The monoisotopic (exact) mass is 311 g/mol. The summed E-state index contributed by atoms with van der Waals surface area (Å²) in [6.45, 7) is 0. The summed E-state index contributed by atoms with van der Waals surface area (Å²) in [5.74, 6) is 0.0986. The van der Waals surface area contributed by atoms with Gasteiger partial charge in [0.1, 0.15) is 5.75 Å². The fourth-order valence-corrected chi connectivity index (χ4v) is 2.59. The molecule has 0 saturated carbocycles. The van der Waals surface area contributed by atoms with E-state index in [0.29, 0.717) is 24.1 Å². The number of amides is 1. The van der Waals surface area contributed by atoms with Gasteiger partial charge in [0.05, 0.1) is 16.7 Å². The number of benzene rings is 2. The molecule has 2 aromatic carbocycles. The van der Waals surface area contributed by atoms with Crippen molar-refractivity contribution in [1.29, 1.82) is 0 Å². The molecule has 1 heterocycles. The maximum absolute atomic E-state index is 11.3. The van der Waals surface area contributed by atoms with E-state index in [9.17, 15) is 20.0 Å². The van der Waals surface area contributed by atoms with Crippen LogP contribution in [-0.2, 0) is 4.79 Å². The molecule has 7 nitrogen and oxygen atoms in total. The number of para-hydroxylation sites is 1. The Balaban J connectivity index is 1.89. The number of phenolic OH excluding ortho intramolecular Hbond substituents is 1. The molecule has 1 aliphatic rings. The standard InChI is InChI=1S/C16H13N3O4/c20-10-18-15(11-5-7-12(8-6-11)19(22)23)9-14(17-18)13-3-1-2-4-16(13)21/h1-8,10,15,21H,9H2. The van der Waals surface area contributed by atoms with E-state index < -0.39 is 4.92 Å². The molecule has 1 aliphatic heterocycles. The maximum Gasteiger partial charge on any atom is 0.269 e. The molecule has 23 heavy (non-hydrogen) atoms. The molecule has 1 amide bonds. The van der Waals surface area contributed by atoms with E-state index in [1.54, 1.807) is 36.4 Å². The van der Waals surface area contributed by atoms with Crippen LogP contribution in [0.2, 0.25) is 0 Å². The SMILES string of the molecule is O=CN1N=C(c2ccccc2O)CC1c1ccc([N+](=O)[O-])cc1. The second-order valence-corrected chi connectivity index (χ2v) is 5.12. The zero-order valence-electron chi connectivity index (χ0n) is 12.0. The first-order valence-corrected chi connectivity index (χ1v) is 6.94. The molecule has 0 bridgehead atoms. The lowest BCUT2D eigenvalue weighted by Gasteiger charge is -2.17. The van der Waals surface area contributed by atoms with Gasteiger partial charge in [-0.1, -0.05) is 24.3 Å². The van der Waals surface area contributed by atoms with Gasteiger partial charge in [0.15, 0.2) is 0 Å². The van der Waals surface area contributed by atoms with E-state index in [0.717, 1.165) is 5.56 Å². The summed E-state index contributed by atoms with van der Waals surface area (Å²) >= 11 is 0. The lowest BCUT2D eigenvalue weighted by atomic mass is 9.98. The molecule has 0 aliphatic carbocycles. The highest BCUT2D eigenvalue weighted by Gasteiger charge is 2.29. The minimum Gasteiger partial charge on any atom is -0.507 e. The van der Waals surface area contributed by atoms with Crippen LogP contribution in [0.4, 0.5) is 5.69 Å². The minimum absolute atomic E-state index is 0.00811. The average Bonchev–Trinajstić information content (AvgIpc) is 2.99. The van der Waals surface area contributed by atoms with Crippen LogP contribution in [0, 0.1) is 10.1 Å². The number of carbonyl (C=O) groups excluding carboxylic acids is 1. The van der Waals surface area contributed by atoms with Crippen LogP contribution in [0.1, 0.15) is 23.6 Å². The molecule has 0 radical (unpaired) electrons. The molecule has 0 aromatic heterocycles. The van der Waals surface area contributed by atoms with Gasteiger partial charge in [-0.05, 0) is 17.7 Å². The van der Waals surface area contributed by atoms with Crippen LogP contribution < -0.4 is 0 Å². The highest BCUT2D eigenvalue weighted by Crippen LogP contribution is 2.34. The van der Waals surface area contributed by atoms with Crippen molar-refractivity contribution >= 4 is 17.8 Å². The molecular weight excluding hydrogens is 298 g/mol. The third-order valence-electron chi connectivity index (χ3n) is 3.75. The van der Waals surface area contributed by atoms with E-state index in [4.69, 9.17) is 0 Å². The summed E-state index contributed by atoms with van der Waals surface area (Å²) in [7, 11) is 0. The van der Waals surface area contributed by atoms with Crippen molar-refractivity contribution < 1.29 is 14.8 Å². The van der Waals surface area contributed by atoms with Gasteiger partial charge in [-0.3, -0.25) is 14.9 Å². The third kappa shape index (κ3) is 2.76. The van der Waals surface area contributed by atoms with Crippen LogP contribution in [0.3, 0.4) is 0 Å². The lowest BCUT2D eigenvalue weighted by molar-refractivity contribution is -0.384. The smallest absolute Gasteiger partial charge is 0.269 e. The normalized spacial score (nSPS) is 17.0. The molecule has 1 N–H and O–H groups in total. The number of phenols is 1. The Hall–Kier alpha value is -3.22. The highest BCUT2D eigenvalue weighted by atomic mass is 16.6. The molecule has 0 fully saturated rings. The summed E-state index contributed by atoms with van der Waals surface area (Å²) in [6, 6.07) is 12.5. The van der Waals surface area contributed by atoms with Crippen molar-refractivity contribution in [3.05, 3.63) is 69.8 Å². The number of carbonyl (C=O) groups is 1. The van der Waals surface area contributed by atoms with Gasteiger partial charge >= 0.3 is 0 Å². The Morgan fingerprint density at radius 3 is 2.52 bits per heavy atom. The number of nitro groups is 1. The predicted octanol–water partition coefficient (Wildman–Crippen LogP) is 2.61. The predicted molar refractivity (Wildman–Crippen MR) is 83.0 cm³/mol. The Labute approximate surface area is 131 Å². The van der Waals surface area contributed by atoms with E-state index in [1.165, 1.54) is 17.1 Å². The van der Waals surface area contributed by atoms with Crippen LogP contribution in [0.25, 0.3) is 0 Å². The van der Waals surface area contributed by atoms with Crippen LogP contribution in [0.15, 0.2) is 53.6 Å². The van der Waals surface area contributed by atoms with Gasteiger partial charge in [-0.25, -0.2) is 5.01 Å². The summed E-state index contributed by atoms with van der Waals surface area (Å²) < 4.78 is 0. The quantitative estimate of drug-likeness (QED) is 0.533. The lowest BCUT2D eigenvalue weighted by Crippen LogP contribution is -2.17. The zero-order valence-corrected chi connectivity index (χ0v) is 12.0. The largest absolute Gasteiger partial charge is 0.507 e. The minimum atomic E-state index is -0.472. The molecule has 0 spiro atoms. The van der Waals surface area contributed by atoms with Gasteiger partial charge in [-0.15, -0.1) is 0 Å². The van der Waals surface area contributed by atoms with Crippen molar-refractivity contribution in [2.45, 2.75) is 12.5 Å². The number of hydrazone groups is 1. The zero-order chi connectivity index (χ0) is 16.4. The van der Waals surface area contributed by atoms with Crippen molar-refractivity contribution in [2.24, 2.45) is 5.10 Å². The van der Waals surface area contributed by atoms with E-state index in [1.807, 2.05) is 0 Å². The first-order valence-electron chi connectivity index (χ1n) is 6.94. The van der Waals surface area contributed by atoms with Crippen molar-refractivity contribution in [2.75, 3.05) is 0 Å². The number of rotatable bonds is 4. The number of hydrogen-bond donors (Lipinski definition) is 1. The Kier molecular flexibility index (Phi) is 3.76. The number of nitrogens with zero attached hydrogens (tertiary/aromatic N) is 3. The molecule has 116 valence electrons. The van der Waals surface area contributed by atoms with Gasteiger partial charge in [0.2, 0.25) is 6.41 Å². The summed E-state index contributed by atoms with van der Waals surface area (Å²) in [5, 5.41) is 26.1. The van der Waals surface area contributed by atoms with Crippen molar-refractivity contribution in [3.63, 3.8) is 0 Å². The molecule has 2 aromatic rings. The fourth-order valence-electron chi connectivity index (χ4n) is 2.59. The maximum atomic E-state index is 11.3. The number of nitro benzene ring substituents is 1. The summed E-state index contributed by atoms with van der Waals surface area (Å²) in [5.41, 5.74) is 1.91. The second-order valence-electron chi connectivity index (χ2n) is 5.12. The average molecular weight is 311 g/mol. The van der Waals surface area contributed by atoms with E-state index in [-0.39, 0.29) is 17.5 Å². The molecular formula is C16H13N3O4. The van der Waals surface area contributed by atoms with E-state index in [2.05, 4.69) is 5.10 Å². The third-order valence-corrected chi connectivity index (χ3v) is 3.75. The number of hydrogen-bond acceptors (Lipinski definition) is 5. The van der Waals surface area contributed by atoms with Gasteiger partial charge in [-0.2, -0.15) is 5.10 Å². The molecule has 1 unspecified atom stereocenters. The van der Waals surface area contributed by atoms with Gasteiger partial charge in [0.25, 0.3) is 5.69 Å².